The molecule has 0 atom stereocenters. The summed E-state index contributed by atoms with van der Waals surface area (Å²) in [5.74, 6) is -0.454. The maximum atomic E-state index is 11.7. The van der Waals surface area contributed by atoms with Gasteiger partial charge in [-0.3, -0.25) is 13.9 Å². The summed E-state index contributed by atoms with van der Waals surface area (Å²) in [7, 11) is 3.43. The molecule has 7 nitrogen and oxygen atoms in total. The van der Waals surface area contributed by atoms with Crippen LogP contribution in [0.5, 0.6) is 0 Å². The second-order valence-electron chi connectivity index (χ2n) is 3.63. The van der Waals surface area contributed by atoms with Crippen LogP contribution in [0.25, 0.3) is 0 Å². The normalized spacial score (nSPS) is 11.9. The molecule has 0 aromatic carbocycles. The second-order valence-corrected chi connectivity index (χ2v) is 5.83. The summed E-state index contributed by atoms with van der Waals surface area (Å²) in [6.07, 6.45) is 2.55. The first-order valence-corrected chi connectivity index (χ1v) is 6.39. The maximum absolute atomic E-state index is 11.7. The molecule has 0 aromatic rings. The molecule has 0 N–H and O–H groups in total. The van der Waals surface area contributed by atoms with Crippen molar-refractivity contribution in [3.63, 3.8) is 0 Å². The van der Waals surface area contributed by atoms with E-state index in [2.05, 4.69) is 6.58 Å². The highest BCUT2D eigenvalue weighted by molar-refractivity contribution is 7.86. The molecule has 0 rings (SSSR count). The van der Waals surface area contributed by atoms with Crippen molar-refractivity contribution in [3.05, 3.63) is 24.4 Å². The molecule has 18 heavy (non-hydrogen) atoms. The monoisotopic (exact) mass is 277 g/mol. The van der Waals surface area contributed by atoms with E-state index in [1.165, 1.54) is 47.6 Å². The Hall–Kier alpha value is -1.38. The first kappa shape index (κ1) is 16.6. The molecule has 0 aliphatic rings. The molecule has 8 heteroatoms. The largest absolute Gasteiger partial charge is 0.302 e. The van der Waals surface area contributed by atoms with Crippen molar-refractivity contribution in [2.45, 2.75) is 0 Å². The van der Waals surface area contributed by atoms with E-state index in [1.807, 2.05) is 0 Å². The van der Waals surface area contributed by atoms with Gasteiger partial charge in [-0.2, -0.15) is 12.7 Å². The molecule has 0 aliphatic heterocycles. The van der Waals surface area contributed by atoms with Gasteiger partial charge in [-0.15, -0.1) is 0 Å². The van der Waals surface area contributed by atoms with E-state index in [0.717, 1.165) is 13.7 Å². The van der Waals surface area contributed by atoms with Crippen LogP contribution in [-0.2, 0) is 19.8 Å². The highest BCUT2D eigenvalue weighted by Gasteiger charge is 2.17. The lowest BCUT2D eigenvalue weighted by Crippen LogP contribution is -2.34. The van der Waals surface area contributed by atoms with Crippen molar-refractivity contribution in [1.82, 2.24) is 13.7 Å². The number of hydroxylamine groups is 2. The van der Waals surface area contributed by atoms with Gasteiger partial charge in [-0.25, -0.2) is 5.06 Å². The van der Waals surface area contributed by atoms with E-state index in [9.17, 15) is 13.2 Å². The van der Waals surface area contributed by atoms with Gasteiger partial charge in [0.15, 0.2) is 0 Å². The van der Waals surface area contributed by atoms with E-state index < -0.39 is 16.1 Å². The number of carbonyl (C=O) groups excluding carboxylic acids is 1. The Labute approximate surface area is 108 Å². The number of nitrogens with zero attached hydrogens (tertiary/aromatic N) is 3. The van der Waals surface area contributed by atoms with Crippen molar-refractivity contribution < 1.29 is 18.0 Å². The third-order valence-corrected chi connectivity index (χ3v) is 3.92. The number of likely N-dealkylation sites (N-methyl/N-ethyl adjacent to an activating group) is 1. The lowest BCUT2D eigenvalue weighted by Gasteiger charge is -2.19. The zero-order chi connectivity index (χ0) is 14.5. The molecule has 104 valence electrons. The van der Waals surface area contributed by atoms with Crippen LogP contribution in [0.15, 0.2) is 24.4 Å². The third kappa shape index (κ3) is 4.13. The molecule has 0 spiro atoms. The Morgan fingerprint density at radius 1 is 1.22 bits per heavy atom. The number of amides is 1. The van der Waals surface area contributed by atoms with Gasteiger partial charge < -0.3 is 0 Å². The molecule has 0 saturated carbocycles. The van der Waals surface area contributed by atoms with Crippen LogP contribution in [0, 0.1) is 0 Å². The van der Waals surface area contributed by atoms with E-state index in [1.54, 1.807) is 0 Å². The van der Waals surface area contributed by atoms with Crippen molar-refractivity contribution in [2.75, 3.05) is 35.3 Å². The number of carbonyl (C=O) groups is 1. The van der Waals surface area contributed by atoms with Crippen LogP contribution in [0.4, 0.5) is 0 Å². The van der Waals surface area contributed by atoms with Gasteiger partial charge in [0.1, 0.15) is 0 Å². The summed E-state index contributed by atoms with van der Waals surface area (Å²) in [5, 5.41) is 0.993. The van der Waals surface area contributed by atoms with Crippen molar-refractivity contribution in [1.29, 1.82) is 0 Å². The van der Waals surface area contributed by atoms with Crippen LogP contribution >= 0.6 is 0 Å². The van der Waals surface area contributed by atoms with Gasteiger partial charge in [-0.1, -0.05) is 6.58 Å². The van der Waals surface area contributed by atoms with Gasteiger partial charge in [0.2, 0.25) is 0 Å². The predicted octanol–water partition coefficient (Wildman–Crippen LogP) is -0.186. The van der Waals surface area contributed by atoms with Gasteiger partial charge >= 0.3 is 10.2 Å². The SMILES string of the molecule is C=C(/C=C\N(C)S(=O)(=O)N(C)C)C(=O)N(C)OC. The quantitative estimate of drug-likeness (QED) is 0.383. The van der Waals surface area contributed by atoms with Crippen LogP contribution in [0.1, 0.15) is 0 Å². The molecule has 0 fully saturated rings. The molecular weight excluding hydrogens is 258 g/mol. The Balaban J connectivity index is 4.78. The minimum Gasteiger partial charge on any atom is -0.274 e. The van der Waals surface area contributed by atoms with E-state index in [4.69, 9.17) is 4.84 Å². The fraction of sp³-hybridized carbons (Fsp3) is 0.500. The fourth-order valence-electron chi connectivity index (χ4n) is 0.886. The van der Waals surface area contributed by atoms with E-state index in [0.29, 0.717) is 0 Å². The Morgan fingerprint density at radius 2 is 1.72 bits per heavy atom. The molecule has 0 bridgehead atoms. The molecule has 0 radical (unpaired) electrons. The maximum Gasteiger partial charge on any atom is 0.302 e. The molecule has 1 amide bonds. The summed E-state index contributed by atoms with van der Waals surface area (Å²) in [4.78, 5) is 16.2. The number of rotatable bonds is 6. The predicted molar refractivity (Wildman–Crippen MR) is 68.4 cm³/mol. The average Bonchev–Trinajstić information content (AvgIpc) is 2.32. The summed E-state index contributed by atoms with van der Waals surface area (Å²) in [6.45, 7) is 3.53. The fourth-order valence-corrected chi connectivity index (χ4v) is 1.62. The zero-order valence-electron chi connectivity index (χ0n) is 11.2. The molecule has 0 aliphatic carbocycles. The molecule has 0 aromatic heterocycles. The third-order valence-electron chi connectivity index (χ3n) is 2.15. The van der Waals surface area contributed by atoms with E-state index in [-0.39, 0.29) is 5.57 Å². The first-order chi connectivity index (χ1) is 8.14. The summed E-state index contributed by atoms with van der Waals surface area (Å²) in [6, 6.07) is 0. The summed E-state index contributed by atoms with van der Waals surface area (Å²) >= 11 is 0. The topological polar surface area (TPSA) is 70.2 Å². The Bertz CT molecular complexity index is 442. The lowest BCUT2D eigenvalue weighted by atomic mass is 10.3. The summed E-state index contributed by atoms with van der Waals surface area (Å²) in [5.41, 5.74) is 0.111. The zero-order valence-corrected chi connectivity index (χ0v) is 12.1. The number of hydrogen-bond acceptors (Lipinski definition) is 4. The average molecular weight is 277 g/mol. The Morgan fingerprint density at radius 3 is 2.11 bits per heavy atom. The van der Waals surface area contributed by atoms with Crippen molar-refractivity contribution in [2.24, 2.45) is 0 Å². The number of hydrogen-bond donors (Lipinski definition) is 0. The highest BCUT2D eigenvalue weighted by Crippen LogP contribution is 2.05. The molecule has 0 saturated heterocycles. The first-order valence-electron chi connectivity index (χ1n) is 4.99. The van der Waals surface area contributed by atoms with Gasteiger partial charge in [-0.05, 0) is 6.08 Å². The lowest BCUT2D eigenvalue weighted by molar-refractivity contribution is -0.163. The standard InChI is InChI=1S/C10H19N3O4S/c1-9(10(14)13(5)17-6)7-8-12(4)18(15,16)11(2)3/h7-8H,1H2,2-6H3/b8-7-. The van der Waals surface area contributed by atoms with Gasteiger partial charge in [0.25, 0.3) is 5.91 Å². The van der Waals surface area contributed by atoms with Crippen LogP contribution in [0.2, 0.25) is 0 Å². The highest BCUT2D eigenvalue weighted by atomic mass is 32.2. The van der Waals surface area contributed by atoms with Crippen LogP contribution < -0.4 is 0 Å². The van der Waals surface area contributed by atoms with Crippen LogP contribution in [-0.4, -0.2) is 63.3 Å². The van der Waals surface area contributed by atoms with Gasteiger partial charge in [0, 0.05) is 40.0 Å². The molecular formula is C10H19N3O4S. The van der Waals surface area contributed by atoms with Crippen LogP contribution in [0.3, 0.4) is 0 Å². The minimum atomic E-state index is -3.54. The molecule has 0 heterocycles. The van der Waals surface area contributed by atoms with Crippen molar-refractivity contribution >= 4 is 16.1 Å². The Kier molecular flexibility index (Phi) is 6.02. The van der Waals surface area contributed by atoms with Gasteiger partial charge in [0.05, 0.1) is 7.11 Å². The smallest absolute Gasteiger partial charge is 0.274 e. The second kappa shape index (κ2) is 6.53. The summed E-state index contributed by atoms with van der Waals surface area (Å²) < 4.78 is 25.4. The molecule has 0 unspecified atom stereocenters. The minimum absolute atomic E-state index is 0.111. The van der Waals surface area contributed by atoms with E-state index >= 15 is 0 Å². The van der Waals surface area contributed by atoms with Crippen molar-refractivity contribution in [3.8, 4) is 0 Å².